The summed E-state index contributed by atoms with van der Waals surface area (Å²) >= 11 is 0. The van der Waals surface area contributed by atoms with Crippen molar-refractivity contribution in [1.82, 2.24) is 9.21 Å². The second-order valence-corrected chi connectivity index (χ2v) is 13.4. The number of aliphatic hydroxyl groups is 1. The molecule has 0 unspecified atom stereocenters. The van der Waals surface area contributed by atoms with E-state index in [0.717, 1.165) is 22.8 Å². The lowest BCUT2D eigenvalue weighted by Gasteiger charge is -2.64. The summed E-state index contributed by atoms with van der Waals surface area (Å²) < 4.78 is 61.3. The second kappa shape index (κ2) is 9.42. The van der Waals surface area contributed by atoms with E-state index in [1.807, 2.05) is 6.07 Å². The number of amides is 1. The number of hydrogen-bond donors (Lipinski definition) is 1. The van der Waals surface area contributed by atoms with E-state index in [2.05, 4.69) is 0 Å². The van der Waals surface area contributed by atoms with E-state index in [-0.39, 0.29) is 31.7 Å². The molecule has 2 bridgehead atoms. The fraction of sp³-hybridized carbons (Fsp3) is 0.387. The molecule has 2 aliphatic heterocycles. The number of halogens is 1. The minimum atomic E-state index is -4.27. The van der Waals surface area contributed by atoms with E-state index >= 15 is 0 Å². The number of carbonyl (C=O) groups excluding carboxylic acids is 1. The summed E-state index contributed by atoms with van der Waals surface area (Å²) in [7, 11) is -1.00. The lowest BCUT2D eigenvalue weighted by Crippen LogP contribution is -2.78. The van der Waals surface area contributed by atoms with Crippen molar-refractivity contribution in [3.63, 3.8) is 0 Å². The number of hydrogen-bond acceptors (Lipinski definition) is 7. The molecule has 9 nitrogen and oxygen atoms in total. The number of sulfonamides is 1. The Hall–Kier alpha value is -3.67. The predicted molar refractivity (Wildman–Crippen MR) is 150 cm³/mol. The van der Waals surface area contributed by atoms with Gasteiger partial charge in [0.25, 0.3) is 0 Å². The second-order valence-electron chi connectivity index (χ2n) is 11.5. The zero-order valence-corrected chi connectivity index (χ0v) is 24.0. The van der Waals surface area contributed by atoms with Crippen LogP contribution in [0.5, 0.6) is 11.5 Å². The number of likely N-dealkylation sites (N-methyl/N-ethyl adjacent to an activating group) is 1. The Morgan fingerprint density at radius 1 is 1.21 bits per heavy atom. The van der Waals surface area contributed by atoms with Crippen LogP contribution >= 0.6 is 0 Å². The van der Waals surface area contributed by atoms with Gasteiger partial charge < -0.3 is 23.9 Å². The lowest BCUT2D eigenvalue weighted by atomic mass is 9.48. The van der Waals surface area contributed by atoms with Gasteiger partial charge in [0.2, 0.25) is 15.9 Å². The van der Waals surface area contributed by atoms with Gasteiger partial charge in [0, 0.05) is 30.8 Å². The van der Waals surface area contributed by atoms with Crippen molar-refractivity contribution < 1.29 is 36.6 Å². The molecule has 1 N–H and O–H groups in total. The number of nitrogens with zero attached hydrogens (tertiary/aromatic N) is 2. The zero-order chi connectivity index (χ0) is 29.4. The molecule has 11 heteroatoms. The van der Waals surface area contributed by atoms with Gasteiger partial charge in [-0.3, -0.25) is 4.79 Å². The molecule has 1 saturated heterocycles. The van der Waals surface area contributed by atoms with Crippen molar-refractivity contribution in [2.75, 3.05) is 20.7 Å². The maximum absolute atomic E-state index is 14.8. The molecular formula is C31H31FN2O7S. The van der Waals surface area contributed by atoms with Crippen LogP contribution in [0.1, 0.15) is 36.0 Å². The van der Waals surface area contributed by atoms with E-state index in [1.54, 1.807) is 43.5 Å². The lowest BCUT2D eigenvalue weighted by molar-refractivity contribution is -0.186. The van der Waals surface area contributed by atoms with Gasteiger partial charge in [-0.2, -0.15) is 4.31 Å². The first-order valence-corrected chi connectivity index (χ1v) is 15.4. The third-order valence-corrected chi connectivity index (χ3v) is 11.8. The van der Waals surface area contributed by atoms with Gasteiger partial charge in [0.15, 0.2) is 11.5 Å². The van der Waals surface area contributed by atoms with Crippen LogP contribution in [-0.2, 0) is 26.7 Å². The first-order valence-electron chi connectivity index (χ1n) is 14.0. The molecule has 1 amide bonds. The smallest absolute Gasteiger partial charge is 0.246 e. The highest BCUT2D eigenvalue weighted by Gasteiger charge is 2.74. The highest BCUT2D eigenvalue weighted by Crippen LogP contribution is 2.66. The van der Waals surface area contributed by atoms with E-state index in [1.165, 1.54) is 34.8 Å². The van der Waals surface area contributed by atoms with Crippen molar-refractivity contribution >= 4 is 22.0 Å². The molecule has 42 heavy (non-hydrogen) atoms. The van der Waals surface area contributed by atoms with Crippen LogP contribution in [-0.4, -0.2) is 73.1 Å². The fourth-order valence-electron chi connectivity index (χ4n) is 7.91. The summed E-state index contributed by atoms with van der Waals surface area (Å²) in [4.78, 5) is 14.6. The van der Waals surface area contributed by atoms with Crippen LogP contribution < -0.4 is 9.47 Å². The highest BCUT2D eigenvalue weighted by atomic mass is 32.2. The molecule has 1 spiro atoms. The number of benzene rings is 2. The number of furan rings is 1. The highest BCUT2D eigenvalue weighted by molar-refractivity contribution is 7.89. The molecule has 4 aliphatic rings. The van der Waals surface area contributed by atoms with Gasteiger partial charge in [-0.25, -0.2) is 12.8 Å². The summed E-state index contributed by atoms with van der Waals surface area (Å²) in [6, 6.07) is 9.49. The van der Waals surface area contributed by atoms with Crippen molar-refractivity contribution in [2.24, 2.45) is 0 Å². The van der Waals surface area contributed by atoms with Gasteiger partial charge in [-0.15, -0.1) is 0 Å². The minimum absolute atomic E-state index is 0.0599. The van der Waals surface area contributed by atoms with E-state index in [4.69, 9.17) is 13.9 Å². The summed E-state index contributed by atoms with van der Waals surface area (Å²) in [6.07, 6.45) is 6.64. The summed E-state index contributed by atoms with van der Waals surface area (Å²) in [6.45, 7) is 0.0599. The molecule has 7 rings (SSSR count). The Kier molecular flexibility index (Phi) is 6.09. The van der Waals surface area contributed by atoms with Gasteiger partial charge in [-0.1, -0.05) is 18.2 Å². The average molecular weight is 595 g/mol. The van der Waals surface area contributed by atoms with Crippen LogP contribution in [0.3, 0.4) is 0 Å². The van der Waals surface area contributed by atoms with E-state index < -0.39 is 49.9 Å². The summed E-state index contributed by atoms with van der Waals surface area (Å²) in [5, 5.41) is 12.7. The van der Waals surface area contributed by atoms with E-state index in [0.29, 0.717) is 17.9 Å². The Morgan fingerprint density at radius 2 is 2.02 bits per heavy atom. The largest absolute Gasteiger partial charge is 0.493 e. The number of carbonyl (C=O) groups is 1. The normalized spacial score (nSPS) is 29.7. The molecule has 3 heterocycles. The zero-order valence-electron chi connectivity index (χ0n) is 23.2. The van der Waals surface area contributed by atoms with Crippen LogP contribution in [0.25, 0.3) is 6.08 Å². The molecule has 2 aromatic carbocycles. The van der Waals surface area contributed by atoms with Crippen LogP contribution in [0, 0.1) is 5.82 Å². The maximum Gasteiger partial charge on any atom is 0.246 e. The number of piperidine rings is 1. The first kappa shape index (κ1) is 27.2. The summed E-state index contributed by atoms with van der Waals surface area (Å²) in [5.74, 6) is -0.0135. The first-order chi connectivity index (χ1) is 20.1. The van der Waals surface area contributed by atoms with Crippen molar-refractivity contribution in [1.29, 1.82) is 0 Å². The standard InChI is InChI=1S/C31H31FN2O7S/c1-33(26(35)10-7-19-12-16-40-18-19)22-11-13-31(36)25-17-20-8-9-23(39-2)28-27(20)30(31,29(22)41-28)14-15-34(25)42(37,38)24-6-4-3-5-21(24)32/h3-10,12,16,18,22,25,29,36H,11,13-15,17H2,1-2H3/b10-7+/t22-,25-,29+,30+,31-/m1/s1. The SMILES string of the molecule is COc1ccc2c3c1O[C@H]1[C@H](N(C)C(=O)/C=C/c4ccoc4)CC[C@@]4(O)[C@@H](C2)N(S(=O)(=O)c2ccccc2F)CC[C@]314. The van der Waals surface area contributed by atoms with Crippen LogP contribution in [0.15, 0.2) is 70.4 Å². The van der Waals surface area contributed by atoms with Gasteiger partial charge >= 0.3 is 0 Å². The molecular weight excluding hydrogens is 563 g/mol. The Bertz CT molecular complexity index is 1710. The molecule has 1 saturated carbocycles. The van der Waals surface area contributed by atoms with Gasteiger partial charge in [0.1, 0.15) is 16.8 Å². The molecule has 2 aliphatic carbocycles. The quantitative estimate of drug-likeness (QED) is 0.435. The molecule has 2 fully saturated rings. The minimum Gasteiger partial charge on any atom is -0.493 e. The van der Waals surface area contributed by atoms with Gasteiger partial charge in [0.05, 0.1) is 42.7 Å². The topological polar surface area (TPSA) is 110 Å². The van der Waals surface area contributed by atoms with Crippen molar-refractivity contribution in [3.8, 4) is 11.5 Å². The molecule has 0 radical (unpaired) electrons. The third-order valence-electron chi connectivity index (χ3n) is 9.82. The number of rotatable bonds is 6. The Balaban J connectivity index is 1.32. The maximum atomic E-state index is 14.8. The van der Waals surface area contributed by atoms with E-state index in [9.17, 15) is 22.7 Å². The summed E-state index contributed by atoms with van der Waals surface area (Å²) in [5.41, 5.74) is -0.0849. The molecule has 3 aromatic rings. The molecule has 5 atom stereocenters. The third kappa shape index (κ3) is 3.53. The van der Waals surface area contributed by atoms with Crippen LogP contribution in [0.4, 0.5) is 4.39 Å². The number of methoxy groups -OCH3 is 1. The molecule has 1 aromatic heterocycles. The van der Waals surface area contributed by atoms with Crippen molar-refractivity contribution in [2.45, 2.75) is 59.8 Å². The predicted octanol–water partition coefficient (Wildman–Crippen LogP) is 3.51. The van der Waals surface area contributed by atoms with Gasteiger partial charge in [-0.05, 0) is 61.6 Å². The average Bonchev–Trinajstić information content (AvgIpc) is 3.61. The van der Waals surface area contributed by atoms with Crippen LogP contribution in [0.2, 0.25) is 0 Å². The Labute approximate surface area is 243 Å². The van der Waals surface area contributed by atoms with Crippen molar-refractivity contribution in [3.05, 3.63) is 83.6 Å². The Morgan fingerprint density at radius 3 is 2.76 bits per heavy atom. The monoisotopic (exact) mass is 594 g/mol. The molecule has 220 valence electrons. The number of ether oxygens (including phenoxy) is 2. The fourth-order valence-corrected chi connectivity index (χ4v) is 9.65.